The van der Waals surface area contributed by atoms with Gasteiger partial charge in [-0.2, -0.15) is 4.98 Å². The van der Waals surface area contributed by atoms with Crippen molar-refractivity contribution >= 4 is 0 Å². The lowest BCUT2D eigenvalue weighted by Crippen LogP contribution is -1.83. The standard InChI is InChI=1S/C9H7N2O2/c1-12-8-4-2-7(3-5-8)9-10-6-13-11-9/h2-5H,1H3. The van der Waals surface area contributed by atoms with Gasteiger partial charge in [-0.3, -0.25) is 0 Å². The van der Waals surface area contributed by atoms with Crippen LogP contribution in [0.2, 0.25) is 0 Å². The molecule has 65 valence electrons. The van der Waals surface area contributed by atoms with Crippen molar-refractivity contribution in [3.8, 4) is 17.1 Å². The summed E-state index contributed by atoms with van der Waals surface area (Å²) in [4.78, 5) is 3.80. The molecule has 2 rings (SSSR count). The van der Waals surface area contributed by atoms with Gasteiger partial charge in [0.2, 0.25) is 5.82 Å². The largest absolute Gasteiger partial charge is 0.497 e. The smallest absolute Gasteiger partial charge is 0.316 e. The SMILES string of the molecule is COc1ccc(-c2n[c]on2)cc1. The Kier molecular flexibility index (Phi) is 1.96. The summed E-state index contributed by atoms with van der Waals surface area (Å²) in [5.74, 6) is 1.33. The summed E-state index contributed by atoms with van der Waals surface area (Å²) >= 11 is 0. The summed E-state index contributed by atoms with van der Waals surface area (Å²) in [6.07, 6.45) is 2.29. The van der Waals surface area contributed by atoms with Crippen LogP contribution in [0.15, 0.2) is 28.8 Å². The molecule has 4 heteroatoms. The average molecular weight is 175 g/mol. The molecule has 1 heterocycles. The minimum absolute atomic E-state index is 0.530. The van der Waals surface area contributed by atoms with Gasteiger partial charge in [-0.05, 0) is 24.3 Å². The molecule has 0 N–H and O–H groups in total. The molecule has 2 aromatic rings. The molecule has 0 saturated carbocycles. The predicted octanol–water partition coefficient (Wildman–Crippen LogP) is 1.55. The van der Waals surface area contributed by atoms with Gasteiger partial charge >= 0.3 is 6.39 Å². The van der Waals surface area contributed by atoms with Crippen LogP contribution in [0, 0.1) is 6.39 Å². The number of hydrogen-bond donors (Lipinski definition) is 0. The topological polar surface area (TPSA) is 48.2 Å². The lowest BCUT2D eigenvalue weighted by molar-refractivity contribution is 0.411. The van der Waals surface area contributed by atoms with Crippen molar-refractivity contribution in [3.05, 3.63) is 30.7 Å². The highest BCUT2D eigenvalue weighted by Gasteiger charge is 2.02. The molecule has 0 saturated heterocycles. The number of nitrogens with zero attached hydrogens (tertiary/aromatic N) is 2. The van der Waals surface area contributed by atoms with Crippen molar-refractivity contribution in [2.45, 2.75) is 0 Å². The first-order valence-corrected chi connectivity index (χ1v) is 3.74. The molecule has 0 atom stereocenters. The van der Waals surface area contributed by atoms with E-state index >= 15 is 0 Å². The molecule has 0 fully saturated rings. The first-order valence-electron chi connectivity index (χ1n) is 3.74. The zero-order valence-corrected chi connectivity index (χ0v) is 7.02. The first-order chi connectivity index (χ1) is 6.40. The van der Waals surface area contributed by atoms with Gasteiger partial charge in [-0.25, -0.2) is 0 Å². The third kappa shape index (κ3) is 1.51. The van der Waals surface area contributed by atoms with Crippen LogP contribution in [0.1, 0.15) is 0 Å². The third-order valence-corrected chi connectivity index (χ3v) is 1.67. The number of benzene rings is 1. The predicted molar refractivity (Wildman–Crippen MR) is 45.1 cm³/mol. The maximum atomic E-state index is 5.01. The molecule has 0 aliphatic heterocycles. The molecule has 0 aliphatic rings. The number of methoxy groups -OCH3 is 1. The Morgan fingerprint density at radius 3 is 2.62 bits per heavy atom. The van der Waals surface area contributed by atoms with E-state index in [2.05, 4.69) is 21.1 Å². The Morgan fingerprint density at radius 2 is 2.08 bits per heavy atom. The van der Waals surface area contributed by atoms with Crippen molar-refractivity contribution in [1.82, 2.24) is 10.1 Å². The van der Waals surface area contributed by atoms with Gasteiger partial charge in [-0.15, -0.1) is 0 Å². The molecular weight excluding hydrogens is 168 g/mol. The Hall–Kier alpha value is -1.84. The number of hydrogen-bond acceptors (Lipinski definition) is 4. The lowest BCUT2D eigenvalue weighted by Gasteiger charge is -1.98. The molecule has 0 spiro atoms. The summed E-state index contributed by atoms with van der Waals surface area (Å²) < 4.78 is 9.52. The molecule has 13 heavy (non-hydrogen) atoms. The number of ether oxygens (including phenoxy) is 1. The van der Waals surface area contributed by atoms with Gasteiger partial charge < -0.3 is 9.26 Å². The molecule has 0 bridgehead atoms. The van der Waals surface area contributed by atoms with Crippen LogP contribution < -0.4 is 4.74 Å². The molecule has 0 amide bonds. The van der Waals surface area contributed by atoms with E-state index in [4.69, 9.17) is 4.74 Å². The summed E-state index contributed by atoms with van der Waals surface area (Å²) in [6.45, 7) is 0. The van der Waals surface area contributed by atoms with E-state index in [-0.39, 0.29) is 0 Å². The van der Waals surface area contributed by atoms with Crippen LogP contribution in [0.4, 0.5) is 0 Å². The van der Waals surface area contributed by atoms with Crippen molar-refractivity contribution in [2.24, 2.45) is 0 Å². The van der Waals surface area contributed by atoms with Gasteiger partial charge in [0.25, 0.3) is 0 Å². The quantitative estimate of drug-likeness (QED) is 0.694. The lowest BCUT2D eigenvalue weighted by atomic mass is 10.2. The van der Waals surface area contributed by atoms with Gasteiger partial charge in [-0.1, -0.05) is 5.16 Å². The van der Waals surface area contributed by atoms with E-state index in [0.717, 1.165) is 11.3 Å². The third-order valence-electron chi connectivity index (χ3n) is 1.67. The second kappa shape index (κ2) is 3.26. The fourth-order valence-electron chi connectivity index (χ4n) is 1.01. The van der Waals surface area contributed by atoms with E-state index in [1.165, 1.54) is 0 Å². The molecule has 0 unspecified atom stereocenters. The molecule has 1 aromatic carbocycles. The Labute approximate surface area is 75.2 Å². The van der Waals surface area contributed by atoms with Crippen molar-refractivity contribution in [2.75, 3.05) is 7.11 Å². The van der Waals surface area contributed by atoms with Crippen LogP contribution in [-0.4, -0.2) is 17.3 Å². The summed E-state index contributed by atoms with van der Waals surface area (Å²) in [6, 6.07) is 7.40. The monoisotopic (exact) mass is 175 g/mol. The Morgan fingerprint density at radius 1 is 1.31 bits per heavy atom. The van der Waals surface area contributed by atoms with Crippen LogP contribution >= 0.6 is 0 Å². The van der Waals surface area contributed by atoms with Crippen LogP contribution in [-0.2, 0) is 0 Å². The average Bonchev–Trinajstić information content (AvgIpc) is 2.71. The van der Waals surface area contributed by atoms with E-state index in [1.54, 1.807) is 7.11 Å². The van der Waals surface area contributed by atoms with Crippen molar-refractivity contribution < 1.29 is 9.26 Å². The number of aromatic nitrogens is 2. The van der Waals surface area contributed by atoms with Crippen molar-refractivity contribution in [1.29, 1.82) is 0 Å². The van der Waals surface area contributed by atoms with E-state index < -0.39 is 0 Å². The van der Waals surface area contributed by atoms with E-state index in [0.29, 0.717) is 5.82 Å². The van der Waals surface area contributed by atoms with Crippen molar-refractivity contribution in [3.63, 3.8) is 0 Å². The molecule has 1 aromatic heterocycles. The summed E-state index contributed by atoms with van der Waals surface area (Å²) in [5, 5.41) is 3.66. The zero-order valence-electron chi connectivity index (χ0n) is 7.02. The number of rotatable bonds is 2. The second-order valence-electron chi connectivity index (χ2n) is 2.44. The highest BCUT2D eigenvalue weighted by Crippen LogP contribution is 2.18. The normalized spacial score (nSPS) is 9.92. The minimum atomic E-state index is 0.530. The second-order valence-corrected chi connectivity index (χ2v) is 2.44. The Bertz CT molecular complexity index is 367. The highest BCUT2D eigenvalue weighted by molar-refractivity contribution is 5.55. The van der Waals surface area contributed by atoms with E-state index in [9.17, 15) is 0 Å². The summed E-state index contributed by atoms with van der Waals surface area (Å²) in [7, 11) is 1.62. The zero-order chi connectivity index (χ0) is 9.10. The maximum Gasteiger partial charge on any atom is 0.316 e. The van der Waals surface area contributed by atoms with Gasteiger partial charge in [0.15, 0.2) is 0 Å². The van der Waals surface area contributed by atoms with Gasteiger partial charge in [0.1, 0.15) is 5.75 Å². The molecule has 0 aliphatic carbocycles. The first kappa shape index (κ1) is 7.79. The highest BCUT2D eigenvalue weighted by atomic mass is 16.5. The minimum Gasteiger partial charge on any atom is -0.497 e. The fraction of sp³-hybridized carbons (Fsp3) is 0.111. The van der Waals surface area contributed by atoms with Crippen LogP contribution in [0.3, 0.4) is 0 Å². The van der Waals surface area contributed by atoms with Crippen LogP contribution in [0.25, 0.3) is 11.4 Å². The molecular formula is C9H7N2O2. The maximum absolute atomic E-state index is 5.01. The van der Waals surface area contributed by atoms with Gasteiger partial charge in [0.05, 0.1) is 7.11 Å². The Balaban J connectivity index is 2.33. The van der Waals surface area contributed by atoms with Gasteiger partial charge in [0, 0.05) is 5.56 Å². The van der Waals surface area contributed by atoms with E-state index in [1.807, 2.05) is 24.3 Å². The summed E-state index contributed by atoms with van der Waals surface area (Å²) in [5.41, 5.74) is 0.880. The molecule has 1 radical (unpaired) electrons. The van der Waals surface area contributed by atoms with Crippen LogP contribution in [0.5, 0.6) is 5.75 Å². The fourth-order valence-corrected chi connectivity index (χ4v) is 1.01. The molecule has 4 nitrogen and oxygen atoms in total.